The Morgan fingerprint density at radius 2 is 2.46 bits per heavy atom. The monoisotopic (exact) mass is 200 g/mol. The van der Waals surface area contributed by atoms with Crippen LogP contribution >= 0.6 is 0 Å². The molecule has 0 spiro atoms. The molecule has 0 heterocycles. The highest BCUT2D eigenvalue weighted by molar-refractivity contribution is 7.91. The van der Waals surface area contributed by atoms with Gasteiger partial charge in [0.15, 0.2) is 10.6 Å². The van der Waals surface area contributed by atoms with Crippen LogP contribution in [-0.2, 0) is 11.2 Å². The van der Waals surface area contributed by atoms with Gasteiger partial charge in [-0.25, -0.2) is 0 Å². The predicted octanol–water partition coefficient (Wildman–Crippen LogP) is 2.13. The highest BCUT2D eigenvalue weighted by atomic mass is 32.2. The van der Waals surface area contributed by atoms with Crippen LogP contribution in [0.25, 0.3) is 0 Å². The number of hydrogen-bond donors (Lipinski definition) is 0. The molecule has 0 radical (unpaired) electrons. The molecule has 72 valence electrons. The Balaban J connectivity index is 3.17. The van der Waals surface area contributed by atoms with Gasteiger partial charge in [-0.3, -0.25) is 0 Å². The van der Waals surface area contributed by atoms with Crippen molar-refractivity contribution < 1.29 is 12.0 Å². The highest BCUT2D eigenvalue weighted by Gasteiger charge is 2.14. The quantitative estimate of drug-likeness (QED) is 0.553. The Morgan fingerprint density at radius 1 is 1.77 bits per heavy atom. The SMILES string of the molecule is [1H][13C@]([2H])(C)[S+]([O-])c1cc(C)ccc1OC. The normalized spacial score (nSPS) is 19.7. The maximum atomic E-state index is 11.9. The fourth-order valence-electron chi connectivity index (χ4n) is 1.04. The topological polar surface area (TPSA) is 32.3 Å². The lowest BCUT2D eigenvalue weighted by Crippen LogP contribution is -2.06. The summed E-state index contributed by atoms with van der Waals surface area (Å²) in [6.45, 7) is 3.16. The molecule has 0 fully saturated rings. The lowest BCUT2D eigenvalue weighted by molar-refractivity contribution is 0.402. The van der Waals surface area contributed by atoms with E-state index in [2.05, 4.69) is 0 Å². The van der Waals surface area contributed by atoms with E-state index in [9.17, 15) is 4.55 Å². The fraction of sp³-hybridized carbons (Fsp3) is 0.400. The molecular formula is C10H14O2S. The van der Waals surface area contributed by atoms with Gasteiger partial charge in [-0.15, -0.1) is 0 Å². The Kier molecular flexibility index (Phi) is 2.69. The van der Waals surface area contributed by atoms with Crippen molar-refractivity contribution in [2.45, 2.75) is 18.7 Å². The molecule has 2 nitrogen and oxygen atoms in total. The molecule has 1 aromatic rings. The van der Waals surface area contributed by atoms with Crippen LogP contribution in [0.2, 0.25) is 0 Å². The van der Waals surface area contributed by atoms with Crippen molar-refractivity contribution in [2.75, 3.05) is 12.8 Å². The Bertz CT molecular complexity index is 350. The molecule has 1 unspecified atom stereocenters. The molecular weight excluding hydrogens is 185 g/mol. The summed E-state index contributed by atoms with van der Waals surface area (Å²) in [6, 6.07) is 5.23. The first kappa shape index (κ1) is 7.71. The van der Waals surface area contributed by atoms with Gasteiger partial charge in [0.1, 0.15) is 5.70 Å². The summed E-state index contributed by atoms with van der Waals surface area (Å²) < 4.78 is 31.8. The van der Waals surface area contributed by atoms with Crippen LogP contribution in [0.15, 0.2) is 23.1 Å². The van der Waals surface area contributed by atoms with Crippen LogP contribution in [0.3, 0.4) is 0 Å². The lowest BCUT2D eigenvalue weighted by atomic mass is 10.2. The van der Waals surface area contributed by atoms with Crippen LogP contribution in [-0.4, -0.2) is 17.4 Å². The van der Waals surface area contributed by atoms with E-state index in [1.807, 2.05) is 13.0 Å². The van der Waals surface area contributed by atoms with Gasteiger partial charge < -0.3 is 9.29 Å². The average Bonchev–Trinajstić information content (AvgIpc) is 2.15. The highest BCUT2D eigenvalue weighted by Crippen LogP contribution is 2.25. The van der Waals surface area contributed by atoms with E-state index in [-0.39, 0.29) is 0 Å². The third-order valence-electron chi connectivity index (χ3n) is 1.70. The van der Waals surface area contributed by atoms with Crippen LogP contribution in [0, 0.1) is 6.92 Å². The summed E-state index contributed by atoms with van der Waals surface area (Å²) in [4.78, 5) is 0.407. The van der Waals surface area contributed by atoms with Gasteiger partial charge in [-0.05, 0) is 36.7 Å². The summed E-state index contributed by atoms with van der Waals surface area (Å²) in [5.41, 5.74) is -0.829. The predicted molar refractivity (Wildman–Crippen MR) is 54.7 cm³/mol. The Morgan fingerprint density at radius 3 is 3.00 bits per heavy atom. The van der Waals surface area contributed by atoms with Gasteiger partial charge in [-0.1, -0.05) is 6.07 Å². The van der Waals surface area contributed by atoms with Crippen molar-refractivity contribution in [1.82, 2.24) is 0 Å². The van der Waals surface area contributed by atoms with Gasteiger partial charge in [-0.2, -0.15) is 0 Å². The molecule has 0 bridgehead atoms. The summed E-state index contributed by atoms with van der Waals surface area (Å²) in [6.07, 6.45) is 0. The maximum absolute atomic E-state index is 11.9. The van der Waals surface area contributed by atoms with E-state index in [1.54, 1.807) is 12.1 Å². The molecule has 0 saturated heterocycles. The van der Waals surface area contributed by atoms with Gasteiger partial charge in [0, 0.05) is 6.07 Å². The summed E-state index contributed by atoms with van der Waals surface area (Å²) in [5.74, 6) is 0.463. The molecule has 0 aliphatic heterocycles. The summed E-state index contributed by atoms with van der Waals surface area (Å²) >= 11 is -1.71. The maximum Gasteiger partial charge on any atom is 0.194 e. The Hall–Kier alpha value is -0.670. The molecule has 0 saturated carbocycles. The Labute approximate surface area is 84.9 Å². The first-order chi connectivity index (χ1) is 6.86. The second-order valence-electron chi connectivity index (χ2n) is 2.63. The van der Waals surface area contributed by atoms with Crippen LogP contribution in [0.4, 0.5) is 0 Å². The molecule has 13 heavy (non-hydrogen) atoms. The van der Waals surface area contributed by atoms with Crippen LogP contribution < -0.4 is 4.74 Å². The van der Waals surface area contributed by atoms with E-state index in [0.717, 1.165) is 5.56 Å². The fourth-order valence-corrected chi connectivity index (χ4v) is 1.89. The van der Waals surface area contributed by atoms with Crippen molar-refractivity contribution in [2.24, 2.45) is 0 Å². The van der Waals surface area contributed by atoms with Gasteiger partial charge in [0.2, 0.25) is 0 Å². The zero-order valence-electron chi connectivity index (χ0n) is 9.96. The second kappa shape index (κ2) is 4.53. The van der Waals surface area contributed by atoms with Crippen molar-refractivity contribution in [1.29, 1.82) is 0 Å². The van der Waals surface area contributed by atoms with E-state index in [1.165, 1.54) is 14.0 Å². The molecule has 0 aliphatic rings. The number of rotatable bonds is 3. The third kappa shape index (κ3) is 2.39. The molecule has 3 heteroatoms. The first-order valence-electron chi connectivity index (χ1n) is 4.93. The number of ether oxygens (including phenoxy) is 1. The molecule has 0 N–H and O–H groups in total. The van der Waals surface area contributed by atoms with E-state index < -0.39 is 16.9 Å². The summed E-state index contributed by atoms with van der Waals surface area (Å²) in [7, 11) is 1.48. The third-order valence-corrected chi connectivity index (χ3v) is 2.79. The lowest BCUT2D eigenvalue weighted by Gasteiger charge is -2.11. The first-order valence-corrected chi connectivity index (χ1v) is 5.08. The van der Waals surface area contributed by atoms with Crippen molar-refractivity contribution in [3.63, 3.8) is 0 Å². The zero-order chi connectivity index (χ0) is 11.6. The molecule has 0 amide bonds. The van der Waals surface area contributed by atoms with Gasteiger partial charge in [0.05, 0.1) is 9.85 Å². The van der Waals surface area contributed by atoms with Crippen LogP contribution in [0.1, 0.15) is 15.2 Å². The average molecular weight is 200 g/mol. The number of benzene rings is 1. The largest absolute Gasteiger partial charge is 0.611 e. The number of methoxy groups -OCH3 is 1. The minimum absolute atomic E-state index is 0.407. The van der Waals surface area contributed by atoms with Crippen molar-refractivity contribution >= 4 is 11.2 Å². The van der Waals surface area contributed by atoms with E-state index in [0.29, 0.717) is 10.6 Å². The van der Waals surface area contributed by atoms with Gasteiger partial charge in [0.25, 0.3) is 0 Å². The minimum atomic E-state index is -1.76. The minimum Gasteiger partial charge on any atom is -0.611 e. The summed E-state index contributed by atoms with van der Waals surface area (Å²) in [5, 5.41) is 0. The molecule has 1 aromatic carbocycles. The molecule has 2 atom stereocenters. The van der Waals surface area contributed by atoms with Crippen LogP contribution in [0.5, 0.6) is 5.75 Å². The van der Waals surface area contributed by atoms with Crippen molar-refractivity contribution in [3.05, 3.63) is 23.8 Å². The van der Waals surface area contributed by atoms with Gasteiger partial charge >= 0.3 is 0 Å². The molecule has 1 rings (SSSR count). The van der Waals surface area contributed by atoms with E-state index in [4.69, 9.17) is 7.48 Å². The molecule has 0 aliphatic carbocycles. The second-order valence-corrected chi connectivity index (χ2v) is 4.01. The number of hydrogen-bond acceptors (Lipinski definition) is 2. The van der Waals surface area contributed by atoms with E-state index >= 15 is 0 Å². The zero-order valence-corrected chi connectivity index (χ0v) is 8.77. The smallest absolute Gasteiger partial charge is 0.194 e. The number of aryl methyl sites for hydroxylation is 1. The molecule has 0 aromatic heterocycles. The standard InChI is InChI=1S/C10H14O2S/c1-4-13(11)10-7-8(2)5-6-9(10)12-3/h5-7H,4H2,1-3H3/i4+1DH/t4-,13?/m0/s1. The van der Waals surface area contributed by atoms with Crippen molar-refractivity contribution in [3.8, 4) is 5.75 Å².